The van der Waals surface area contributed by atoms with Crippen LogP contribution in [0, 0.1) is 164 Å². The van der Waals surface area contributed by atoms with Gasteiger partial charge in [-0.1, -0.05) is 135 Å². The Balaban J connectivity index is 0.000000112. The van der Waals surface area contributed by atoms with Gasteiger partial charge in [0.2, 0.25) is 5.91 Å². The minimum Gasteiger partial charge on any atom is -0.369 e. The number of fused-ring (bicyclic) bond motifs is 24. The molecule has 40 atom stereocenters. The topological polar surface area (TPSA) is 142 Å². The summed E-state index contributed by atoms with van der Waals surface area (Å²) in [6, 6.07) is 2.83. The van der Waals surface area contributed by atoms with Crippen molar-refractivity contribution in [3.8, 4) is 0 Å². The molecule has 142 heavy (non-hydrogen) atoms. The normalized spacial score (nSPS) is 49.5. The van der Waals surface area contributed by atoms with Gasteiger partial charge in [-0.25, -0.2) is 0 Å². The Morgan fingerprint density at radius 2 is 0.662 bits per heavy atom. The number of nitrogens with zero attached hydrogens (tertiary/aromatic N) is 6. The SMILES string of the molecule is CC1=C2C[C@H]3[C@@H](CC[C@@H]4CC(=O)CC[C@@]43C)[C@@H]2CC[C@@]2(C1)O[C@@H]1C[C@H](C)CN(C(C)C)[C@H]1[C@H]2C.CC1=C2C[C@H]3[C@@H](CC[C@@H]4CC(=O)CC[C@@]43C)[C@@H]2CC[C@@]2(C1)O[C@@H]1C[C@H](C)CN(C)[C@H]1[C@H]2C.CC1=C2C[C@H]3[C@@H](CC[C@@H]4CC(=O)CC[C@@]43C)[C@@H]2CC[C@@]2(C1)O[C@@H]1C[C@H](C)CN(CCN(C)C)[C@H]1[C@H]2C.CCCC(=O)N(C)CCN1C[C@@H](C)C[C@H]2O[C@]3(CC[C@@H]4C(=C(C)C3)C[C@H]3[C@H]4CC[C@@H]4CC(=O)CC[C@@]43C)[C@H](C)[C@@H]21. The molecule has 0 N–H and O–H groups in total. The molecule has 0 aromatic heterocycles. The van der Waals surface area contributed by atoms with Gasteiger partial charge in [-0.3, -0.25) is 38.7 Å². The van der Waals surface area contributed by atoms with Crippen LogP contribution in [0.5, 0.6) is 0 Å². The van der Waals surface area contributed by atoms with Crippen LogP contribution in [0.15, 0.2) is 44.6 Å². The van der Waals surface area contributed by atoms with Crippen LogP contribution >= 0.6 is 0 Å². The molecule has 0 bridgehead atoms. The third kappa shape index (κ3) is 18.0. The fraction of sp³-hybridized carbons (Fsp3) is 0.898. The molecule has 15 heteroatoms. The van der Waals surface area contributed by atoms with E-state index in [0.29, 0.717) is 159 Å². The van der Waals surface area contributed by atoms with Gasteiger partial charge in [0, 0.05) is 171 Å². The van der Waals surface area contributed by atoms with Crippen molar-refractivity contribution in [3.05, 3.63) is 44.6 Å². The van der Waals surface area contributed by atoms with Crippen LogP contribution in [0.4, 0.5) is 0 Å². The number of piperidine rings is 4. The molecule has 0 unspecified atom stereocenters. The van der Waals surface area contributed by atoms with Crippen molar-refractivity contribution < 1.29 is 42.9 Å². The number of likely N-dealkylation sites (tertiary alicyclic amines) is 4. The zero-order chi connectivity index (χ0) is 100. The van der Waals surface area contributed by atoms with Crippen molar-refractivity contribution >= 4 is 29.0 Å². The highest BCUT2D eigenvalue weighted by Crippen LogP contribution is 2.72. The van der Waals surface area contributed by atoms with E-state index in [1.807, 2.05) is 28.7 Å². The molecule has 794 valence electrons. The lowest BCUT2D eigenvalue weighted by Crippen LogP contribution is -2.54. The molecule has 8 aliphatic heterocycles. The van der Waals surface area contributed by atoms with E-state index in [1.165, 1.54) is 174 Å². The van der Waals surface area contributed by atoms with E-state index in [2.05, 4.69) is 177 Å². The van der Waals surface area contributed by atoms with Crippen LogP contribution < -0.4 is 0 Å². The summed E-state index contributed by atoms with van der Waals surface area (Å²) in [4.78, 5) is 76.7. The second-order valence-electron chi connectivity index (χ2n) is 58.0. The van der Waals surface area contributed by atoms with E-state index in [1.54, 1.807) is 27.9 Å². The minimum absolute atomic E-state index is 0.0328. The Kier molecular flexibility index (Phi) is 29.2. The molecule has 0 aromatic rings. The molecule has 16 aliphatic carbocycles. The number of carbonyl (C=O) groups is 5. The number of ketones is 4. The number of hydrogen-bond donors (Lipinski definition) is 0. The Labute approximate surface area is 863 Å². The zero-order valence-corrected chi connectivity index (χ0v) is 94.3. The van der Waals surface area contributed by atoms with Crippen molar-refractivity contribution in [2.75, 3.05) is 80.5 Å². The number of hydrogen-bond acceptors (Lipinski definition) is 14. The highest BCUT2D eigenvalue weighted by molar-refractivity contribution is 5.81. The van der Waals surface area contributed by atoms with Gasteiger partial charge in [-0.15, -0.1) is 0 Å². The number of Topliss-reactive ketones (excluding diaryl/α,β-unsaturated/α-hetero) is 4. The molecule has 4 spiro atoms. The van der Waals surface area contributed by atoms with Gasteiger partial charge in [0.15, 0.2) is 0 Å². The maximum atomic E-state index is 12.5. The first-order chi connectivity index (χ1) is 67.5. The van der Waals surface area contributed by atoms with Crippen LogP contribution in [0.2, 0.25) is 0 Å². The Morgan fingerprint density at radius 3 is 0.979 bits per heavy atom. The number of likely N-dealkylation sites (N-methyl/N-ethyl adjacent to an activating group) is 3. The monoisotopic (exact) mass is 1960 g/mol. The van der Waals surface area contributed by atoms with Crippen LogP contribution in [0.25, 0.3) is 0 Å². The third-order valence-corrected chi connectivity index (χ3v) is 49.9. The summed E-state index contributed by atoms with van der Waals surface area (Å²) in [5.41, 5.74) is 15.6. The molecular weight excluding hydrogens is 1750 g/mol. The lowest BCUT2D eigenvalue weighted by Gasteiger charge is -2.52. The first-order valence-electron chi connectivity index (χ1n) is 60.9. The van der Waals surface area contributed by atoms with Gasteiger partial charge in [-0.2, -0.15) is 0 Å². The number of ether oxygens (including phenoxy) is 4. The highest BCUT2D eigenvalue weighted by Gasteiger charge is 2.68. The van der Waals surface area contributed by atoms with Crippen molar-refractivity contribution in [2.45, 2.75) is 478 Å². The lowest BCUT2D eigenvalue weighted by molar-refractivity contribution is -0.131. The molecule has 20 fully saturated rings. The Hall–Kier alpha value is -3.25. The van der Waals surface area contributed by atoms with Crippen LogP contribution in [-0.4, -0.2) is 216 Å². The predicted octanol–water partition coefficient (Wildman–Crippen LogP) is 25.4. The molecule has 15 nitrogen and oxygen atoms in total. The van der Waals surface area contributed by atoms with Crippen molar-refractivity contribution in [1.82, 2.24) is 29.4 Å². The summed E-state index contributed by atoms with van der Waals surface area (Å²) in [6.45, 7) is 55.5. The molecule has 8 saturated heterocycles. The first-order valence-corrected chi connectivity index (χ1v) is 60.9. The van der Waals surface area contributed by atoms with E-state index < -0.39 is 0 Å². The van der Waals surface area contributed by atoms with Gasteiger partial charge >= 0.3 is 0 Å². The van der Waals surface area contributed by atoms with Gasteiger partial charge < -0.3 is 33.6 Å². The van der Waals surface area contributed by atoms with Crippen molar-refractivity contribution in [2.24, 2.45) is 164 Å². The summed E-state index contributed by atoms with van der Waals surface area (Å²) in [5, 5.41) is 0. The summed E-state index contributed by atoms with van der Waals surface area (Å²) in [7, 11) is 8.71. The molecule has 0 radical (unpaired) electrons. The van der Waals surface area contributed by atoms with Gasteiger partial charge in [0.05, 0.1) is 46.8 Å². The van der Waals surface area contributed by atoms with E-state index in [4.69, 9.17) is 18.9 Å². The molecule has 24 aliphatic rings. The fourth-order valence-corrected chi connectivity index (χ4v) is 42.3. The number of rotatable bonds is 9. The molecular formula is C127H202N6O9. The minimum atomic E-state index is -0.0448. The average Bonchev–Trinajstić information content (AvgIpc) is 1.56. The van der Waals surface area contributed by atoms with E-state index in [-0.39, 0.29) is 28.3 Å². The molecule has 12 saturated carbocycles. The Morgan fingerprint density at radius 1 is 0.373 bits per heavy atom. The molecule has 8 heterocycles. The molecule has 0 aromatic carbocycles. The maximum Gasteiger partial charge on any atom is 0.222 e. The first kappa shape index (κ1) is 104. The summed E-state index contributed by atoms with van der Waals surface area (Å²) >= 11 is 0. The van der Waals surface area contributed by atoms with Crippen LogP contribution in [0.1, 0.15) is 401 Å². The zero-order valence-electron chi connectivity index (χ0n) is 94.3. The van der Waals surface area contributed by atoms with E-state index >= 15 is 0 Å². The van der Waals surface area contributed by atoms with E-state index in [9.17, 15) is 24.0 Å². The number of allylic oxidation sites excluding steroid dienone is 4. The standard InChI is InChI=1S/C35H56N2O3.C32H52N2O2.C31H49NO2.C29H45NO2/c1-7-8-32(39)36(6)15-16-37-21-22(2)17-31-33(37)24(4)35(40-31)14-12-27-28-10-9-25-18-26(38)11-13-34(25,5)30(28)19-29(27)23(3)20-35;1-20-15-29-30(34(19-20)14-13-33(5)6)22(3)32(36-29)12-10-25-26-8-7-23-16-24(35)9-11-31(23,4)28(26)17-27(25)21(2)18-32;1-18(2)32-17-19(3)13-28-29(32)21(5)31(34-28)12-10-24-25-8-7-22-14-23(33)9-11-30(22,6)27(25)15-26(24)20(4)16-31;1-17-12-26-27(30(5)16-17)19(3)29(32-26)11-9-22-23-7-6-20-13-21(31)8-10-28(20,4)25(23)14-24(22)18(2)15-29/h22,24-25,27-28,30-31,33H,7-21H2,1-6H3;20,22-23,25-26,28-30H,7-19H2,1-6H3;18-19,21-22,24-25,27-29H,7-17H2,1-6H3;17,19-20,22-23,25-27H,6-16H2,1-5H3/t22-,24+,25+,27-,28-,30-,31+,33-,34-,35-;20-,22+,23+,25-,26-,28-,29+,30-,31-,32-;19-,21+,22+,24-,25-,27-,28+,29-,30-,31-;17-,19+,20+,22-,23-,25-,26+,27-,28-,29-/m0000/s1. The van der Waals surface area contributed by atoms with Crippen LogP contribution in [0.3, 0.4) is 0 Å². The summed E-state index contributed by atoms with van der Waals surface area (Å²) in [5.74, 6) is 19.7. The maximum absolute atomic E-state index is 12.5. The van der Waals surface area contributed by atoms with Gasteiger partial charge in [-0.05, 0) is 415 Å². The van der Waals surface area contributed by atoms with Gasteiger partial charge in [0.25, 0.3) is 0 Å². The summed E-state index contributed by atoms with van der Waals surface area (Å²) in [6.07, 6.45) is 49.8. The fourth-order valence-electron chi connectivity index (χ4n) is 42.3. The second-order valence-corrected chi connectivity index (χ2v) is 58.0. The third-order valence-electron chi connectivity index (χ3n) is 49.9. The quantitative estimate of drug-likeness (QED) is 0.202. The Bertz CT molecular complexity index is 4830. The molecule has 1 amide bonds. The predicted molar refractivity (Wildman–Crippen MR) is 571 cm³/mol. The van der Waals surface area contributed by atoms with Crippen LogP contribution in [-0.2, 0) is 42.9 Å². The van der Waals surface area contributed by atoms with Crippen molar-refractivity contribution in [3.63, 3.8) is 0 Å². The number of amides is 1. The van der Waals surface area contributed by atoms with Gasteiger partial charge in [0.1, 0.15) is 23.1 Å². The van der Waals surface area contributed by atoms with Crippen molar-refractivity contribution in [1.29, 1.82) is 0 Å². The lowest BCUT2D eigenvalue weighted by atomic mass is 9.52. The summed E-state index contributed by atoms with van der Waals surface area (Å²) < 4.78 is 28.8. The van der Waals surface area contributed by atoms with E-state index in [0.717, 1.165) is 231 Å². The second kappa shape index (κ2) is 39.7. The largest absolute Gasteiger partial charge is 0.369 e. The average molecular weight is 1960 g/mol. The highest BCUT2D eigenvalue weighted by atomic mass is 16.5. The molecule has 24 rings (SSSR count). The smallest absolute Gasteiger partial charge is 0.222 e. The number of carbonyl (C=O) groups excluding carboxylic acids is 5.